The maximum absolute atomic E-state index is 13.3. The van der Waals surface area contributed by atoms with Gasteiger partial charge in [0.2, 0.25) is 0 Å². The van der Waals surface area contributed by atoms with E-state index < -0.39 is 0 Å². The third-order valence-corrected chi connectivity index (χ3v) is 7.44. The second-order valence-electron chi connectivity index (χ2n) is 10.2. The van der Waals surface area contributed by atoms with Gasteiger partial charge in [0.1, 0.15) is 0 Å². The molecule has 37 heavy (non-hydrogen) atoms. The monoisotopic (exact) mass is 489 g/mol. The first kappa shape index (κ1) is 23.4. The Morgan fingerprint density at radius 2 is 1.81 bits per heavy atom. The average molecular weight is 490 g/mol. The highest BCUT2D eigenvalue weighted by atomic mass is 16.1. The molecule has 2 heterocycles. The topological polar surface area (TPSA) is 63.1 Å². The van der Waals surface area contributed by atoms with E-state index in [0.29, 0.717) is 23.5 Å². The number of pyridine rings is 1. The summed E-state index contributed by atoms with van der Waals surface area (Å²) in [6.07, 6.45) is 7.30. The SMILES string of the molecule is Cc1ccc(C(=O)NC2CC2)cc1-c1ccc2c(=O)n(Cc3ccc(C4=CCNCC4)cc3)ccc2c1. The van der Waals surface area contributed by atoms with Crippen LogP contribution in [0.1, 0.15) is 46.3 Å². The van der Waals surface area contributed by atoms with Gasteiger partial charge in [-0.05, 0) is 102 Å². The van der Waals surface area contributed by atoms with E-state index in [4.69, 9.17) is 0 Å². The highest BCUT2D eigenvalue weighted by molar-refractivity contribution is 5.96. The van der Waals surface area contributed by atoms with Crippen LogP contribution in [0.4, 0.5) is 0 Å². The van der Waals surface area contributed by atoms with Gasteiger partial charge in [0.05, 0.1) is 6.54 Å². The Bertz CT molecular complexity index is 1580. The number of aromatic nitrogens is 1. The molecule has 0 atom stereocenters. The molecule has 1 amide bonds. The van der Waals surface area contributed by atoms with Crippen molar-refractivity contribution < 1.29 is 4.79 Å². The maximum Gasteiger partial charge on any atom is 0.258 e. The van der Waals surface area contributed by atoms with Crippen LogP contribution in [0.5, 0.6) is 0 Å². The molecule has 6 rings (SSSR count). The quantitative estimate of drug-likeness (QED) is 0.387. The molecule has 0 saturated heterocycles. The molecule has 186 valence electrons. The van der Waals surface area contributed by atoms with Crippen LogP contribution in [-0.4, -0.2) is 29.6 Å². The van der Waals surface area contributed by atoms with Crippen molar-refractivity contribution in [2.75, 3.05) is 13.1 Å². The van der Waals surface area contributed by atoms with E-state index in [1.165, 1.54) is 11.1 Å². The van der Waals surface area contributed by atoms with E-state index in [9.17, 15) is 9.59 Å². The number of hydrogen-bond donors (Lipinski definition) is 2. The zero-order chi connectivity index (χ0) is 25.4. The largest absolute Gasteiger partial charge is 0.349 e. The molecular weight excluding hydrogens is 458 g/mol. The summed E-state index contributed by atoms with van der Waals surface area (Å²) in [5.74, 6) is -0.0204. The summed E-state index contributed by atoms with van der Waals surface area (Å²) in [5.41, 5.74) is 7.53. The van der Waals surface area contributed by atoms with Crippen molar-refractivity contribution in [3.05, 3.63) is 112 Å². The molecule has 2 N–H and O–H groups in total. The number of amides is 1. The second kappa shape index (κ2) is 9.83. The number of nitrogens with zero attached hydrogens (tertiary/aromatic N) is 1. The van der Waals surface area contributed by atoms with E-state index in [1.54, 1.807) is 4.57 Å². The lowest BCUT2D eigenvalue weighted by atomic mass is 9.96. The first-order valence-electron chi connectivity index (χ1n) is 13.1. The lowest BCUT2D eigenvalue weighted by molar-refractivity contribution is 0.0951. The van der Waals surface area contributed by atoms with Crippen molar-refractivity contribution >= 4 is 22.3 Å². The number of benzene rings is 3. The molecule has 1 fully saturated rings. The van der Waals surface area contributed by atoms with Crippen molar-refractivity contribution in [3.8, 4) is 11.1 Å². The van der Waals surface area contributed by atoms with Crippen LogP contribution in [0.15, 0.2) is 83.8 Å². The zero-order valence-corrected chi connectivity index (χ0v) is 21.1. The molecule has 0 spiro atoms. The number of fused-ring (bicyclic) bond motifs is 1. The van der Waals surface area contributed by atoms with Crippen LogP contribution in [0.2, 0.25) is 0 Å². The Balaban J connectivity index is 1.25. The average Bonchev–Trinajstić information content (AvgIpc) is 3.75. The van der Waals surface area contributed by atoms with Gasteiger partial charge < -0.3 is 15.2 Å². The molecule has 2 aliphatic rings. The smallest absolute Gasteiger partial charge is 0.258 e. The van der Waals surface area contributed by atoms with Crippen LogP contribution in [0, 0.1) is 6.92 Å². The van der Waals surface area contributed by atoms with Gasteiger partial charge >= 0.3 is 0 Å². The van der Waals surface area contributed by atoms with Gasteiger partial charge in [0.25, 0.3) is 11.5 Å². The third kappa shape index (κ3) is 5.00. The summed E-state index contributed by atoms with van der Waals surface area (Å²) >= 11 is 0. The maximum atomic E-state index is 13.3. The summed E-state index contributed by atoms with van der Waals surface area (Å²) in [7, 11) is 0. The Labute approximate surface area is 216 Å². The standard InChI is InChI=1S/C32H31N3O2/c1-21-2-5-27(31(36)34-28-9-10-28)19-30(21)25-8-11-29-26(18-25)14-17-35(32(29)37)20-22-3-6-23(7-4-22)24-12-15-33-16-13-24/h2-8,11-12,14,17-19,28,33H,9-10,13,15-16,20H2,1H3,(H,34,36). The normalized spacial score (nSPS) is 15.4. The van der Waals surface area contributed by atoms with Crippen LogP contribution >= 0.6 is 0 Å². The molecule has 1 aliphatic heterocycles. The number of aryl methyl sites for hydroxylation is 1. The minimum atomic E-state index is -0.0204. The van der Waals surface area contributed by atoms with Gasteiger partial charge in [0.15, 0.2) is 0 Å². The van der Waals surface area contributed by atoms with E-state index >= 15 is 0 Å². The van der Waals surface area contributed by atoms with Crippen molar-refractivity contribution in [1.82, 2.24) is 15.2 Å². The Morgan fingerprint density at radius 3 is 2.57 bits per heavy atom. The molecule has 1 aliphatic carbocycles. The molecule has 5 nitrogen and oxygen atoms in total. The molecule has 0 unspecified atom stereocenters. The van der Waals surface area contributed by atoms with E-state index in [0.717, 1.165) is 60.0 Å². The number of carbonyl (C=O) groups excluding carboxylic acids is 1. The van der Waals surface area contributed by atoms with Gasteiger partial charge in [0, 0.05) is 29.7 Å². The van der Waals surface area contributed by atoms with Gasteiger partial charge in [-0.3, -0.25) is 9.59 Å². The third-order valence-electron chi connectivity index (χ3n) is 7.44. The second-order valence-corrected chi connectivity index (χ2v) is 10.2. The highest BCUT2D eigenvalue weighted by Gasteiger charge is 2.24. The van der Waals surface area contributed by atoms with Crippen molar-refractivity contribution in [2.24, 2.45) is 0 Å². The van der Waals surface area contributed by atoms with Crippen molar-refractivity contribution in [2.45, 2.75) is 38.8 Å². The van der Waals surface area contributed by atoms with Gasteiger partial charge in [-0.1, -0.05) is 42.5 Å². The Kier molecular flexibility index (Phi) is 6.23. The first-order valence-corrected chi connectivity index (χ1v) is 13.1. The molecule has 3 aromatic carbocycles. The summed E-state index contributed by atoms with van der Waals surface area (Å²) in [5, 5.41) is 8.01. The number of rotatable bonds is 6. The van der Waals surface area contributed by atoms with E-state index in [2.05, 4.69) is 41.0 Å². The summed E-state index contributed by atoms with van der Waals surface area (Å²) < 4.78 is 1.77. The minimum absolute atomic E-state index is 0.00322. The molecule has 1 aromatic heterocycles. The number of nitrogens with one attached hydrogen (secondary N) is 2. The lowest BCUT2D eigenvalue weighted by Gasteiger charge is -2.15. The molecule has 0 radical (unpaired) electrons. The van der Waals surface area contributed by atoms with Crippen LogP contribution in [0.25, 0.3) is 27.5 Å². The predicted octanol–water partition coefficient (Wildman–Crippen LogP) is 5.29. The molecule has 1 saturated carbocycles. The van der Waals surface area contributed by atoms with E-state index in [1.807, 2.05) is 55.6 Å². The predicted molar refractivity (Wildman–Crippen MR) is 150 cm³/mol. The number of hydrogen-bond acceptors (Lipinski definition) is 3. The van der Waals surface area contributed by atoms with Crippen molar-refractivity contribution in [3.63, 3.8) is 0 Å². The lowest BCUT2D eigenvalue weighted by Crippen LogP contribution is -2.25. The Hall–Kier alpha value is -3.96. The summed E-state index contributed by atoms with van der Waals surface area (Å²) in [6, 6.07) is 22.7. The fraction of sp³-hybridized carbons (Fsp3) is 0.250. The first-order chi connectivity index (χ1) is 18.0. The highest BCUT2D eigenvalue weighted by Crippen LogP contribution is 2.28. The van der Waals surface area contributed by atoms with Gasteiger partial charge in [-0.2, -0.15) is 0 Å². The van der Waals surface area contributed by atoms with E-state index in [-0.39, 0.29) is 11.5 Å². The van der Waals surface area contributed by atoms with Crippen LogP contribution in [-0.2, 0) is 6.54 Å². The van der Waals surface area contributed by atoms with Gasteiger partial charge in [-0.25, -0.2) is 0 Å². The van der Waals surface area contributed by atoms with Crippen LogP contribution < -0.4 is 16.2 Å². The Morgan fingerprint density at radius 1 is 1.00 bits per heavy atom. The zero-order valence-electron chi connectivity index (χ0n) is 21.1. The minimum Gasteiger partial charge on any atom is -0.349 e. The summed E-state index contributed by atoms with van der Waals surface area (Å²) in [6.45, 7) is 4.52. The summed E-state index contributed by atoms with van der Waals surface area (Å²) in [4.78, 5) is 25.9. The molecule has 5 heteroatoms. The fourth-order valence-corrected chi connectivity index (χ4v) is 5.06. The van der Waals surface area contributed by atoms with Crippen LogP contribution in [0.3, 0.4) is 0 Å². The number of carbonyl (C=O) groups is 1. The molecule has 0 bridgehead atoms. The molecule has 4 aromatic rings. The fourth-order valence-electron chi connectivity index (χ4n) is 5.06. The van der Waals surface area contributed by atoms with Gasteiger partial charge in [-0.15, -0.1) is 0 Å². The van der Waals surface area contributed by atoms with Crippen molar-refractivity contribution in [1.29, 1.82) is 0 Å². The molecular formula is C32H31N3O2.